The molecule has 0 fully saturated rings. The Hall–Kier alpha value is -6.96. The molecular formula is C52H48Cl2N4O7. The van der Waals surface area contributed by atoms with Crippen molar-refractivity contribution in [2.45, 2.75) is 38.9 Å². The summed E-state index contributed by atoms with van der Waals surface area (Å²) in [7, 11) is 0. The molecule has 4 unspecified atom stereocenters. The number of aliphatic hydroxyl groups is 2. The van der Waals surface area contributed by atoms with Gasteiger partial charge in [0, 0.05) is 11.1 Å². The third-order valence-corrected chi connectivity index (χ3v) is 11.5. The number of benzene rings is 6. The van der Waals surface area contributed by atoms with Crippen LogP contribution in [0.1, 0.15) is 66.3 Å². The molecule has 0 aliphatic carbocycles. The lowest BCUT2D eigenvalue weighted by atomic mass is 9.87. The van der Waals surface area contributed by atoms with Gasteiger partial charge >= 0.3 is 5.97 Å². The van der Waals surface area contributed by atoms with E-state index in [1.54, 1.807) is 129 Å². The number of aliphatic hydroxyl groups excluding tert-OH is 2. The smallest absolute Gasteiger partial charge is 0.309 e. The number of Topliss-reactive ketones (excluding diaryl/α,β-unsaturated/α-hetero) is 2. The summed E-state index contributed by atoms with van der Waals surface area (Å²) < 4.78 is 0. The topological polar surface area (TPSA) is 176 Å². The summed E-state index contributed by atoms with van der Waals surface area (Å²) >= 11 is 12.4. The summed E-state index contributed by atoms with van der Waals surface area (Å²) in [4.78, 5) is 54.7. The lowest BCUT2D eigenvalue weighted by molar-refractivity contribution is -0.145. The van der Waals surface area contributed by atoms with Crippen LogP contribution in [0.15, 0.2) is 146 Å². The Bertz CT molecular complexity index is 2640. The number of aliphatic carboxylic acids is 1. The van der Waals surface area contributed by atoms with Crippen LogP contribution in [0.5, 0.6) is 0 Å². The van der Waals surface area contributed by atoms with Crippen LogP contribution in [0.4, 0.5) is 11.4 Å². The molecule has 0 aromatic heterocycles. The summed E-state index contributed by atoms with van der Waals surface area (Å²) in [6, 6.07) is 42.0. The van der Waals surface area contributed by atoms with Gasteiger partial charge in [-0.2, -0.15) is 0 Å². The zero-order valence-corrected chi connectivity index (χ0v) is 37.2. The maximum Gasteiger partial charge on any atom is 0.309 e. The van der Waals surface area contributed by atoms with Crippen molar-refractivity contribution in [2.24, 2.45) is 17.6 Å². The van der Waals surface area contributed by atoms with Crippen molar-refractivity contribution in [1.29, 1.82) is 0 Å². The summed E-state index contributed by atoms with van der Waals surface area (Å²) in [6.45, 7) is 17.7. The van der Waals surface area contributed by atoms with E-state index in [1.807, 2.05) is 30.3 Å². The van der Waals surface area contributed by atoms with Gasteiger partial charge in [-0.05, 0) is 60.1 Å². The SMILES string of the molecule is NCC(=O)c1ccccc1.[C-]#[N+]c1ccc(CC(C(=O)NCC(=O)c2ccccc2)C(O)c2ccccc2)c(C)c1Cl.[C-]#[N+]c1ccc(CC(C(=O)O)C(O)c2ccccc2)c(C)c1Cl. The molecule has 6 aromatic rings. The number of carbonyl (C=O) groups excluding carboxylic acids is 3. The van der Waals surface area contributed by atoms with Gasteiger partial charge in [0.05, 0.1) is 60.3 Å². The first-order valence-electron chi connectivity index (χ1n) is 20.4. The number of amides is 1. The zero-order valence-electron chi connectivity index (χ0n) is 35.7. The van der Waals surface area contributed by atoms with E-state index in [1.165, 1.54) is 0 Å². The molecule has 0 bridgehead atoms. The lowest BCUT2D eigenvalue weighted by Crippen LogP contribution is -2.38. The standard InChI is InChI=1S/C26H23ClN2O3.C18H16ClNO3.C8H9NO/c1-17-20(13-14-22(28-2)24(17)27)15-21(25(31)19-11-7-4-8-12-19)26(32)29-16-23(30)18-9-5-3-6-10-18;1-11-13(8-9-15(20-2)16(11)19)10-14(18(22)23)17(21)12-6-4-3-5-7-12;9-6-8(10)7-4-2-1-3-5-7/h3-14,21,25,31H,15-16H2,1H3,(H,29,32);3-9,14,17,21H,10H2,1H3,(H,22,23);1-5H,6,9H2. The minimum atomic E-state index is -1.12. The largest absolute Gasteiger partial charge is 0.481 e. The molecule has 0 heterocycles. The van der Waals surface area contributed by atoms with Gasteiger partial charge in [0.2, 0.25) is 17.3 Å². The molecule has 6 aromatic carbocycles. The highest BCUT2D eigenvalue weighted by atomic mass is 35.5. The van der Waals surface area contributed by atoms with Crippen LogP contribution in [0.3, 0.4) is 0 Å². The molecule has 0 saturated carbocycles. The van der Waals surface area contributed by atoms with Crippen molar-refractivity contribution < 1.29 is 34.5 Å². The van der Waals surface area contributed by atoms with Gasteiger partial charge in [-0.3, -0.25) is 19.2 Å². The van der Waals surface area contributed by atoms with E-state index in [0.717, 1.165) is 5.56 Å². The van der Waals surface area contributed by atoms with Crippen molar-refractivity contribution in [3.05, 3.63) is 223 Å². The van der Waals surface area contributed by atoms with Gasteiger partial charge < -0.3 is 26.4 Å². The second kappa shape index (κ2) is 25.4. The number of nitrogens with one attached hydrogen (secondary N) is 1. The van der Waals surface area contributed by atoms with Gasteiger partial charge in [0.15, 0.2) is 11.6 Å². The van der Waals surface area contributed by atoms with Crippen molar-refractivity contribution in [3.8, 4) is 0 Å². The molecule has 1 amide bonds. The Morgan fingerprint density at radius 2 is 0.954 bits per heavy atom. The number of halogens is 2. The molecule has 65 heavy (non-hydrogen) atoms. The summed E-state index contributed by atoms with van der Waals surface area (Å²) in [5.74, 6) is -3.59. The molecular weight excluding hydrogens is 863 g/mol. The van der Waals surface area contributed by atoms with Gasteiger partial charge in [0.25, 0.3) is 0 Å². The Labute approximate surface area is 388 Å². The molecule has 332 valence electrons. The predicted octanol–water partition coefficient (Wildman–Crippen LogP) is 10.1. The van der Waals surface area contributed by atoms with E-state index >= 15 is 0 Å². The van der Waals surface area contributed by atoms with Crippen molar-refractivity contribution in [2.75, 3.05) is 13.1 Å². The van der Waals surface area contributed by atoms with E-state index in [9.17, 15) is 34.5 Å². The van der Waals surface area contributed by atoms with Crippen LogP contribution in [0.2, 0.25) is 10.0 Å². The summed E-state index contributed by atoms with van der Waals surface area (Å²) in [5, 5.41) is 34.3. The summed E-state index contributed by atoms with van der Waals surface area (Å²) in [6.07, 6.45) is -1.87. The molecule has 0 aliphatic rings. The highest BCUT2D eigenvalue weighted by Crippen LogP contribution is 2.35. The van der Waals surface area contributed by atoms with Crippen LogP contribution >= 0.6 is 23.2 Å². The van der Waals surface area contributed by atoms with Gasteiger partial charge in [-0.1, -0.05) is 169 Å². The monoisotopic (exact) mass is 910 g/mol. The Kier molecular flexibility index (Phi) is 19.8. The van der Waals surface area contributed by atoms with E-state index < -0.39 is 35.9 Å². The Balaban J connectivity index is 0.000000243. The average molecular weight is 912 g/mol. The number of rotatable bonds is 15. The molecule has 13 heteroatoms. The summed E-state index contributed by atoms with van der Waals surface area (Å²) in [5.41, 5.74) is 11.0. The molecule has 0 aliphatic heterocycles. The zero-order chi connectivity index (χ0) is 47.5. The van der Waals surface area contributed by atoms with Crippen LogP contribution in [0, 0.1) is 38.8 Å². The van der Waals surface area contributed by atoms with Gasteiger partial charge in [-0.15, -0.1) is 0 Å². The van der Waals surface area contributed by atoms with E-state index in [0.29, 0.717) is 60.4 Å². The number of carboxylic acids is 1. The number of hydrogen-bond acceptors (Lipinski definition) is 7. The molecule has 0 spiro atoms. The third-order valence-electron chi connectivity index (χ3n) is 10.6. The number of carbonyl (C=O) groups is 4. The van der Waals surface area contributed by atoms with Crippen LogP contribution in [-0.2, 0) is 22.4 Å². The molecule has 6 N–H and O–H groups in total. The number of ketones is 2. The molecule has 6 rings (SSSR count). The lowest BCUT2D eigenvalue weighted by Gasteiger charge is -2.24. The highest BCUT2D eigenvalue weighted by molar-refractivity contribution is 6.34. The van der Waals surface area contributed by atoms with Crippen LogP contribution in [-0.4, -0.2) is 51.9 Å². The fourth-order valence-electron chi connectivity index (χ4n) is 6.72. The maximum atomic E-state index is 13.1. The second-order valence-electron chi connectivity index (χ2n) is 14.8. The van der Waals surface area contributed by atoms with E-state index in [4.69, 9.17) is 42.1 Å². The number of carboxylic acid groups (broad SMARTS) is 1. The fraction of sp³-hybridized carbons (Fsp3) is 0.192. The van der Waals surface area contributed by atoms with Gasteiger partial charge in [-0.25, -0.2) is 9.69 Å². The van der Waals surface area contributed by atoms with Crippen molar-refractivity contribution >= 4 is 58.0 Å². The fourth-order valence-corrected chi connectivity index (χ4v) is 7.18. The van der Waals surface area contributed by atoms with Crippen molar-refractivity contribution in [1.82, 2.24) is 5.32 Å². The average Bonchev–Trinajstić information content (AvgIpc) is 3.34. The molecule has 0 radical (unpaired) electrons. The minimum absolute atomic E-state index is 0.0133. The highest BCUT2D eigenvalue weighted by Gasteiger charge is 2.31. The molecule has 11 nitrogen and oxygen atoms in total. The van der Waals surface area contributed by atoms with Crippen LogP contribution in [0.25, 0.3) is 9.69 Å². The number of nitrogens with zero attached hydrogens (tertiary/aromatic N) is 2. The first-order chi connectivity index (χ1) is 31.2. The Morgan fingerprint density at radius 1 is 0.585 bits per heavy atom. The normalized spacial score (nSPS) is 12.2. The quantitative estimate of drug-likeness (QED) is 0.0500. The first kappa shape index (κ1) is 50.7. The van der Waals surface area contributed by atoms with E-state index in [2.05, 4.69) is 15.0 Å². The molecule has 4 atom stereocenters. The van der Waals surface area contributed by atoms with E-state index in [-0.39, 0.29) is 37.5 Å². The second-order valence-corrected chi connectivity index (χ2v) is 15.5. The van der Waals surface area contributed by atoms with Gasteiger partial charge in [0.1, 0.15) is 0 Å². The molecule has 0 saturated heterocycles. The third kappa shape index (κ3) is 14.3. The minimum Gasteiger partial charge on any atom is -0.481 e. The Morgan fingerprint density at radius 3 is 1.34 bits per heavy atom. The number of hydrogen-bond donors (Lipinski definition) is 5. The first-order valence-corrected chi connectivity index (χ1v) is 21.1. The van der Waals surface area contributed by atoms with Crippen molar-refractivity contribution in [3.63, 3.8) is 0 Å². The van der Waals surface area contributed by atoms with Crippen LogP contribution < -0.4 is 11.1 Å². The predicted molar refractivity (Wildman–Crippen MR) is 253 cm³/mol. The number of nitrogens with two attached hydrogens (primary N) is 1. The maximum absolute atomic E-state index is 13.1.